The Kier molecular flexibility index (Phi) is 3.69. The lowest BCUT2D eigenvalue weighted by Crippen LogP contribution is -1.99. The van der Waals surface area contributed by atoms with Crippen molar-refractivity contribution in [2.45, 2.75) is 6.54 Å². The van der Waals surface area contributed by atoms with Gasteiger partial charge in [0.1, 0.15) is 12.4 Å². The summed E-state index contributed by atoms with van der Waals surface area (Å²) >= 11 is 0. The van der Waals surface area contributed by atoms with E-state index in [0.29, 0.717) is 0 Å². The Bertz CT molecular complexity index is 1040. The average molecular weight is 311 g/mol. The molecular weight excluding hydrogens is 294 g/mol. The zero-order valence-corrected chi connectivity index (χ0v) is 13.3. The van der Waals surface area contributed by atoms with Crippen molar-refractivity contribution in [1.29, 1.82) is 0 Å². The van der Waals surface area contributed by atoms with Gasteiger partial charge >= 0.3 is 0 Å². The third kappa shape index (κ3) is 2.51. The molecule has 0 spiro atoms. The van der Waals surface area contributed by atoms with E-state index in [1.807, 2.05) is 12.1 Å². The number of nitrogens with zero attached hydrogens (tertiary/aromatic N) is 1. The van der Waals surface area contributed by atoms with Gasteiger partial charge in [-0.1, -0.05) is 54.5 Å². The quantitative estimate of drug-likeness (QED) is 0.491. The van der Waals surface area contributed by atoms with E-state index in [4.69, 9.17) is 11.2 Å². The summed E-state index contributed by atoms with van der Waals surface area (Å²) in [4.78, 5) is 0. The van der Waals surface area contributed by atoms with Gasteiger partial charge in [-0.3, -0.25) is 0 Å². The normalized spacial score (nSPS) is 10.8. The molecule has 4 rings (SSSR count). The molecule has 1 heterocycles. The molecular formula is C22H17NO. The molecule has 0 aliphatic heterocycles. The van der Waals surface area contributed by atoms with Crippen LogP contribution in [0.1, 0.15) is 5.56 Å². The van der Waals surface area contributed by atoms with Gasteiger partial charge in [0.15, 0.2) is 0 Å². The summed E-state index contributed by atoms with van der Waals surface area (Å²) in [5, 5.41) is 2.42. The van der Waals surface area contributed by atoms with Gasteiger partial charge in [0.05, 0.1) is 0 Å². The van der Waals surface area contributed by atoms with Crippen LogP contribution in [0.5, 0.6) is 5.75 Å². The minimum atomic E-state index is 0.286. The minimum absolute atomic E-state index is 0.286. The van der Waals surface area contributed by atoms with Crippen LogP contribution in [-0.4, -0.2) is 11.2 Å². The Hall–Kier alpha value is -3.18. The fourth-order valence-electron chi connectivity index (χ4n) is 3.18. The number of benzene rings is 3. The van der Waals surface area contributed by atoms with Crippen molar-refractivity contribution in [1.82, 2.24) is 4.57 Å². The number of terminal acetylenes is 1. The predicted octanol–water partition coefficient (Wildman–Crippen LogP) is 4.85. The molecule has 2 heteroatoms. The van der Waals surface area contributed by atoms with Crippen LogP contribution in [0.4, 0.5) is 0 Å². The fraction of sp³-hybridized carbons (Fsp3) is 0.0909. The zero-order chi connectivity index (χ0) is 16.4. The van der Waals surface area contributed by atoms with Crippen molar-refractivity contribution in [3.63, 3.8) is 0 Å². The monoisotopic (exact) mass is 311 g/mol. The molecule has 116 valence electrons. The molecule has 0 bridgehead atoms. The van der Waals surface area contributed by atoms with E-state index < -0.39 is 0 Å². The van der Waals surface area contributed by atoms with Crippen LogP contribution in [0.2, 0.25) is 0 Å². The molecule has 0 radical (unpaired) electrons. The minimum Gasteiger partial charge on any atom is -0.481 e. The van der Waals surface area contributed by atoms with Crippen LogP contribution in [0, 0.1) is 12.3 Å². The van der Waals surface area contributed by atoms with Crippen molar-refractivity contribution in [3.05, 3.63) is 78.4 Å². The molecule has 0 N–H and O–H groups in total. The molecule has 0 saturated heterocycles. The number of aromatic nitrogens is 1. The summed E-state index contributed by atoms with van der Waals surface area (Å²) in [6.45, 7) is 1.13. The van der Waals surface area contributed by atoms with Crippen LogP contribution in [0.3, 0.4) is 0 Å². The fourth-order valence-corrected chi connectivity index (χ4v) is 3.18. The second-order valence-corrected chi connectivity index (χ2v) is 5.76. The van der Waals surface area contributed by atoms with Gasteiger partial charge in [-0.05, 0) is 29.8 Å². The molecule has 0 saturated carbocycles. The van der Waals surface area contributed by atoms with Gasteiger partial charge in [-0.15, -0.1) is 6.42 Å². The van der Waals surface area contributed by atoms with Crippen LogP contribution in [0.25, 0.3) is 21.8 Å². The zero-order valence-electron chi connectivity index (χ0n) is 13.3. The maximum atomic E-state index is 5.59. The molecule has 24 heavy (non-hydrogen) atoms. The average Bonchev–Trinajstić information content (AvgIpc) is 2.94. The summed E-state index contributed by atoms with van der Waals surface area (Å²) in [6, 6.07) is 25.2. The first-order chi connectivity index (χ1) is 11.9. The Morgan fingerprint density at radius 2 is 1.58 bits per heavy atom. The molecule has 3 aromatic carbocycles. The molecule has 0 fully saturated rings. The van der Waals surface area contributed by atoms with Gasteiger partial charge in [-0.2, -0.15) is 0 Å². The van der Waals surface area contributed by atoms with Gasteiger partial charge in [0, 0.05) is 28.4 Å². The summed E-state index contributed by atoms with van der Waals surface area (Å²) in [6.07, 6.45) is 5.29. The highest BCUT2D eigenvalue weighted by Crippen LogP contribution is 2.32. The molecule has 1 aromatic heterocycles. The van der Waals surface area contributed by atoms with Gasteiger partial charge in [0.25, 0.3) is 0 Å². The van der Waals surface area contributed by atoms with E-state index in [0.717, 1.165) is 12.3 Å². The van der Waals surface area contributed by atoms with Gasteiger partial charge in [-0.25, -0.2) is 0 Å². The summed E-state index contributed by atoms with van der Waals surface area (Å²) in [5.41, 5.74) is 3.71. The van der Waals surface area contributed by atoms with E-state index >= 15 is 0 Å². The second-order valence-electron chi connectivity index (χ2n) is 5.76. The second kappa shape index (κ2) is 6.14. The van der Waals surface area contributed by atoms with Crippen LogP contribution in [0.15, 0.2) is 72.8 Å². The topological polar surface area (TPSA) is 14.2 Å². The number of ether oxygens (including phenoxy) is 1. The number of rotatable bonds is 4. The molecule has 0 aliphatic carbocycles. The van der Waals surface area contributed by atoms with E-state index in [-0.39, 0.29) is 6.61 Å². The van der Waals surface area contributed by atoms with Crippen LogP contribution < -0.4 is 4.74 Å². The van der Waals surface area contributed by atoms with Crippen LogP contribution >= 0.6 is 0 Å². The van der Waals surface area contributed by atoms with Gasteiger partial charge in [0.2, 0.25) is 0 Å². The van der Waals surface area contributed by atoms with E-state index in [9.17, 15) is 0 Å². The predicted molar refractivity (Wildman–Crippen MR) is 99.3 cm³/mol. The highest BCUT2D eigenvalue weighted by atomic mass is 16.5. The number of hydrogen-bond acceptors (Lipinski definition) is 1. The van der Waals surface area contributed by atoms with E-state index in [2.05, 4.69) is 71.2 Å². The molecule has 4 aromatic rings. The number of fused-ring (bicyclic) bond motifs is 3. The Balaban J connectivity index is 1.89. The van der Waals surface area contributed by atoms with Gasteiger partial charge < -0.3 is 9.30 Å². The summed E-state index contributed by atoms with van der Waals surface area (Å²) in [5.74, 6) is 3.32. The van der Waals surface area contributed by atoms with Crippen LogP contribution in [-0.2, 0) is 6.54 Å². The Morgan fingerprint density at radius 1 is 0.833 bits per heavy atom. The van der Waals surface area contributed by atoms with E-state index in [1.165, 1.54) is 27.4 Å². The van der Waals surface area contributed by atoms with Crippen molar-refractivity contribution in [2.24, 2.45) is 0 Å². The molecule has 0 aliphatic rings. The lowest BCUT2D eigenvalue weighted by molar-refractivity contribution is 0.371. The first-order valence-electron chi connectivity index (χ1n) is 7.98. The molecule has 0 amide bonds. The van der Waals surface area contributed by atoms with E-state index in [1.54, 1.807) is 0 Å². The lowest BCUT2D eigenvalue weighted by atomic mass is 10.1. The lowest BCUT2D eigenvalue weighted by Gasteiger charge is -2.08. The maximum absolute atomic E-state index is 5.59. The molecule has 2 nitrogen and oxygen atoms in total. The third-order valence-corrected chi connectivity index (χ3v) is 4.25. The SMILES string of the molecule is C#CCOc1ccc2c(c1)c1ccccc1n2Cc1ccccc1. The number of hydrogen-bond donors (Lipinski definition) is 0. The first-order valence-corrected chi connectivity index (χ1v) is 7.98. The Labute approximate surface area is 141 Å². The van der Waals surface area contributed by atoms with Crippen molar-refractivity contribution in [3.8, 4) is 18.1 Å². The highest BCUT2D eigenvalue weighted by Gasteiger charge is 2.11. The van der Waals surface area contributed by atoms with Crippen molar-refractivity contribution >= 4 is 21.8 Å². The standard InChI is InChI=1S/C22H17NO/c1-2-14-24-18-12-13-22-20(15-18)19-10-6-7-11-21(19)23(22)16-17-8-4-3-5-9-17/h1,3-13,15H,14,16H2. The number of para-hydroxylation sites is 1. The highest BCUT2D eigenvalue weighted by molar-refractivity contribution is 6.08. The van der Waals surface area contributed by atoms with Crippen molar-refractivity contribution < 1.29 is 4.74 Å². The molecule has 0 atom stereocenters. The Morgan fingerprint density at radius 3 is 2.42 bits per heavy atom. The van der Waals surface area contributed by atoms with Crippen molar-refractivity contribution in [2.75, 3.05) is 6.61 Å². The first kappa shape index (κ1) is 14.4. The molecule has 0 unspecified atom stereocenters. The summed E-state index contributed by atoms with van der Waals surface area (Å²) in [7, 11) is 0. The summed E-state index contributed by atoms with van der Waals surface area (Å²) < 4.78 is 7.95. The largest absolute Gasteiger partial charge is 0.481 e. The third-order valence-electron chi connectivity index (χ3n) is 4.25. The maximum Gasteiger partial charge on any atom is 0.148 e. The smallest absolute Gasteiger partial charge is 0.148 e.